The summed E-state index contributed by atoms with van der Waals surface area (Å²) in [4.78, 5) is 12.2. The van der Waals surface area contributed by atoms with Crippen LogP contribution in [-0.2, 0) is 4.79 Å². The van der Waals surface area contributed by atoms with Gasteiger partial charge in [0.15, 0.2) is 0 Å². The van der Waals surface area contributed by atoms with E-state index in [-0.39, 0.29) is 12.5 Å². The van der Waals surface area contributed by atoms with Gasteiger partial charge >= 0.3 is 0 Å². The van der Waals surface area contributed by atoms with E-state index in [9.17, 15) is 20.2 Å². The van der Waals surface area contributed by atoms with E-state index >= 15 is 0 Å². The molecule has 118 valence electrons. The molecule has 1 aliphatic rings. The molecule has 0 spiro atoms. The first-order valence-electron chi connectivity index (χ1n) is 6.78. The molecule has 5 N–H and O–H groups in total. The number of rotatable bonds is 5. The fourth-order valence-corrected chi connectivity index (χ4v) is 2.76. The Balaban J connectivity index is 2.65. The van der Waals surface area contributed by atoms with Gasteiger partial charge in [-0.25, -0.2) is 0 Å². The third-order valence-electron chi connectivity index (χ3n) is 4.11. The Morgan fingerprint density at radius 3 is 2.25 bits per heavy atom. The molecule has 7 heteroatoms. The number of aliphatic hydroxyl groups excluding tert-OH is 3. The van der Waals surface area contributed by atoms with Crippen LogP contribution in [0.3, 0.4) is 0 Å². The molecule has 0 saturated carbocycles. The van der Waals surface area contributed by atoms with Gasteiger partial charge in [0.1, 0.15) is 6.10 Å². The van der Waals surface area contributed by atoms with Gasteiger partial charge in [-0.15, -0.1) is 0 Å². The lowest BCUT2D eigenvalue weighted by atomic mass is 9.86. The summed E-state index contributed by atoms with van der Waals surface area (Å²) in [7, 11) is 0. The predicted molar refractivity (Wildman–Crippen MR) is 72.0 cm³/mol. The monoisotopic (exact) mass is 290 g/mol. The van der Waals surface area contributed by atoms with Crippen LogP contribution in [0, 0.1) is 5.92 Å². The molecule has 0 bridgehead atoms. The Labute approximate surface area is 119 Å². The number of carbonyl (C=O) groups is 1. The zero-order valence-electron chi connectivity index (χ0n) is 12.5. The molecule has 1 aliphatic heterocycles. The zero-order chi connectivity index (χ0) is 15.7. The highest BCUT2D eigenvalue weighted by atomic mass is 16.5. The maximum atomic E-state index is 12.2. The van der Waals surface area contributed by atoms with E-state index in [1.54, 1.807) is 13.8 Å². The lowest BCUT2D eigenvalue weighted by molar-refractivity contribution is -0.197. The summed E-state index contributed by atoms with van der Waals surface area (Å²) in [5, 5.41) is 41.3. The number of hydrogen-bond acceptors (Lipinski definition) is 6. The molecule has 0 aliphatic carbocycles. The van der Waals surface area contributed by atoms with E-state index in [1.165, 1.54) is 5.06 Å². The van der Waals surface area contributed by atoms with Crippen molar-refractivity contribution in [2.45, 2.75) is 57.4 Å². The van der Waals surface area contributed by atoms with E-state index in [1.807, 2.05) is 13.8 Å². The van der Waals surface area contributed by atoms with Gasteiger partial charge in [0, 0.05) is 12.1 Å². The third-order valence-corrected chi connectivity index (χ3v) is 4.11. The van der Waals surface area contributed by atoms with Gasteiger partial charge in [-0.3, -0.25) is 4.79 Å². The Bertz CT molecular complexity index is 359. The van der Waals surface area contributed by atoms with E-state index < -0.39 is 35.8 Å². The largest absolute Gasteiger partial charge is 0.394 e. The molecule has 20 heavy (non-hydrogen) atoms. The first-order chi connectivity index (χ1) is 9.04. The highest BCUT2D eigenvalue weighted by Crippen LogP contribution is 2.43. The number of hydroxylamine groups is 2. The van der Waals surface area contributed by atoms with Crippen molar-refractivity contribution >= 4 is 5.91 Å². The van der Waals surface area contributed by atoms with Crippen LogP contribution < -0.4 is 5.32 Å². The van der Waals surface area contributed by atoms with Gasteiger partial charge in [0.25, 0.3) is 0 Å². The van der Waals surface area contributed by atoms with Gasteiger partial charge in [-0.05, 0) is 34.1 Å². The zero-order valence-corrected chi connectivity index (χ0v) is 12.5. The molecule has 1 rings (SSSR count). The van der Waals surface area contributed by atoms with Crippen molar-refractivity contribution in [3.63, 3.8) is 0 Å². The van der Waals surface area contributed by atoms with Crippen LogP contribution in [0.2, 0.25) is 0 Å². The number of carbonyl (C=O) groups excluding carboxylic acids is 1. The van der Waals surface area contributed by atoms with Gasteiger partial charge in [-0.2, -0.15) is 5.06 Å². The first-order valence-corrected chi connectivity index (χ1v) is 6.78. The van der Waals surface area contributed by atoms with E-state index in [0.29, 0.717) is 6.42 Å². The third kappa shape index (κ3) is 3.29. The number of aliphatic hydroxyl groups is 3. The van der Waals surface area contributed by atoms with E-state index in [4.69, 9.17) is 5.11 Å². The maximum Gasteiger partial charge on any atom is 0.225 e. The number of amides is 1. The SMILES string of the molecule is CC1(C)CC(C(=O)NCC(O)C(O)CO)C(C)(C)N1O. The Kier molecular flexibility index (Phi) is 5.15. The van der Waals surface area contributed by atoms with Crippen molar-refractivity contribution in [2.24, 2.45) is 5.92 Å². The summed E-state index contributed by atoms with van der Waals surface area (Å²) in [6.45, 7) is 6.57. The Morgan fingerprint density at radius 1 is 1.30 bits per heavy atom. The van der Waals surface area contributed by atoms with Crippen molar-refractivity contribution < 1.29 is 25.3 Å². The molecule has 3 atom stereocenters. The molecule has 0 aromatic carbocycles. The maximum absolute atomic E-state index is 12.2. The van der Waals surface area contributed by atoms with Crippen molar-refractivity contribution in [2.75, 3.05) is 13.2 Å². The minimum absolute atomic E-state index is 0.140. The standard InChI is InChI=1S/C13H26N2O5/c1-12(2)5-8(13(3,4)15(12)20)11(19)14-6-9(17)10(18)7-16/h8-10,16-18,20H,5-7H2,1-4H3,(H,14,19). The molecule has 7 nitrogen and oxygen atoms in total. The quantitative estimate of drug-likeness (QED) is 0.448. The summed E-state index contributed by atoms with van der Waals surface area (Å²) in [6.07, 6.45) is -2.01. The number of hydrogen-bond donors (Lipinski definition) is 5. The summed E-state index contributed by atoms with van der Waals surface area (Å²) in [5.74, 6) is -0.718. The molecule has 1 fully saturated rings. The Morgan fingerprint density at radius 2 is 1.85 bits per heavy atom. The fourth-order valence-electron chi connectivity index (χ4n) is 2.76. The summed E-state index contributed by atoms with van der Waals surface area (Å²) in [6, 6.07) is 0. The Hall–Kier alpha value is -0.730. The smallest absolute Gasteiger partial charge is 0.225 e. The second-order valence-electron chi connectivity index (χ2n) is 6.60. The molecular weight excluding hydrogens is 264 g/mol. The van der Waals surface area contributed by atoms with Crippen LogP contribution in [0.25, 0.3) is 0 Å². The topological polar surface area (TPSA) is 113 Å². The highest BCUT2D eigenvalue weighted by Gasteiger charge is 2.54. The van der Waals surface area contributed by atoms with Gasteiger partial charge in [0.05, 0.1) is 24.2 Å². The lowest BCUT2D eigenvalue weighted by Crippen LogP contribution is -2.51. The first kappa shape index (κ1) is 17.3. The van der Waals surface area contributed by atoms with Crippen LogP contribution in [0.15, 0.2) is 0 Å². The fraction of sp³-hybridized carbons (Fsp3) is 0.923. The molecule has 0 aromatic rings. The van der Waals surface area contributed by atoms with Crippen molar-refractivity contribution in [3.05, 3.63) is 0 Å². The van der Waals surface area contributed by atoms with Crippen molar-refractivity contribution in [3.8, 4) is 0 Å². The number of nitrogens with one attached hydrogen (secondary N) is 1. The van der Waals surface area contributed by atoms with Gasteiger partial charge in [0.2, 0.25) is 5.91 Å². The van der Waals surface area contributed by atoms with E-state index in [2.05, 4.69) is 5.32 Å². The minimum atomic E-state index is -1.28. The van der Waals surface area contributed by atoms with Crippen molar-refractivity contribution in [1.82, 2.24) is 10.4 Å². The normalized spacial score (nSPS) is 28.1. The van der Waals surface area contributed by atoms with Crippen LogP contribution >= 0.6 is 0 Å². The molecule has 0 radical (unpaired) electrons. The van der Waals surface area contributed by atoms with Crippen LogP contribution in [-0.4, -0.2) is 67.9 Å². The second-order valence-corrected chi connectivity index (χ2v) is 6.60. The number of nitrogens with zero attached hydrogens (tertiary/aromatic N) is 1. The van der Waals surface area contributed by atoms with Crippen LogP contribution in [0.1, 0.15) is 34.1 Å². The average molecular weight is 290 g/mol. The van der Waals surface area contributed by atoms with Gasteiger partial charge in [-0.1, -0.05) is 0 Å². The average Bonchev–Trinajstić information content (AvgIpc) is 2.54. The lowest BCUT2D eigenvalue weighted by Gasteiger charge is -2.35. The van der Waals surface area contributed by atoms with Crippen LogP contribution in [0.4, 0.5) is 0 Å². The molecule has 3 unspecified atom stereocenters. The molecule has 1 amide bonds. The van der Waals surface area contributed by atoms with Gasteiger partial charge < -0.3 is 25.8 Å². The highest BCUT2D eigenvalue weighted by molar-refractivity contribution is 5.80. The predicted octanol–water partition coefficient (Wildman–Crippen LogP) is -0.915. The summed E-state index contributed by atoms with van der Waals surface area (Å²) >= 11 is 0. The summed E-state index contributed by atoms with van der Waals surface area (Å²) < 4.78 is 0. The van der Waals surface area contributed by atoms with E-state index in [0.717, 1.165) is 0 Å². The van der Waals surface area contributed by atoms with Crippen molar-refractivity contribution in [1.29, 1.82) is 0 Å². The summed E-state index contributed by atoms with van der Waals surface area (Å²) in [5.41, 5.74) is -1.22. The minimum Gasteiger partial charge on any atom is -0.394 e. The molecule has 0 aromatic heterocycles. The molecule has 1 heterocycles. The molecule has 1 saturated heterocycles. The second kappa shape index (κ2) is 5.95. The van der Waals surface area contributed by atoms with Crippen LogP contribution in [0.5, 0.6) is 0 Å². The molecular formula is C13H26N2O5.